The summed E-state index contributed by atoms with van der Waals surface area (Å²) in [6.07, 6.45) is 1.04. The van der Waals surface area contributed by atoms with Crippen molar-refractivity contribution >= 4 is 15.5 Å². The Bertz CT molecular complexity index is 757. The highest BCUT2D eigenvalue weighted by Crippen LogP contribution is 2.22. The maximum absolute atomic E-state index is 11.9. The monoisotopic (exact) mass is 345 g/mol. The van der Waals surface area contributed by atoms with Gasteiger partial charge >= 0.3 is 0 Å². The standard InChI is InChI=1S/C19H23NO3S/c1-2-24(21,22)19-10-8-17(9-11-19)20-12-13-23-18(15-20)14-16-6-4-3-5-7-16/h3-11,18H,2,12-15H2,1H3/t18-/m0/s1. The first-order chi connectivity index (χ1) is 11.6. The minimum Gasteiger partial charge on any atom is -0.374 e. The Balaban J connectivity index is 1.68. The fraction of sp³-hybridized carbons (Fsp3) is 0.368. The van der Waals surface area contributed by atoms with Gasteiger partial charge in [0.25, 0.3) is 0 Å². The van der Waals surface area contributed by atoms with E-state index in [0.717, 1.165) is 25.2 Å². The van der Waals surface area contributed by atoms with E-state index in [4.69, 9.17) is 4.74 Å². The van der Waals surface area contributed by atoms with Crippen LogP contribution >= 0.6 is 0 Å². The molecule has 5 heteroatoms. The lowest BCUT2D eigenvalue weighted by Crippen LogP contribution is -2.43. The van der Waals surface area contributed by atoms with E-state index in [1.807, 2.05) is 30.3 Å². The smallest absolute Gasteiger partial charge is 0.178 e. The van der Waals surface area contributed by atoms with Gasteiger partial charge in [0, 0.05) is 25.2 Å². The third kappa shape index (κ3) is 3.97. The van der Waals surface area contributed by atoms with Crippen LogP contribution in [0.4, 0.5) is 5.69 Å². The first kappa shape index (κ1) is 17.0. The Morgan fingerprint density at radius 1 is 1.08 bits per heavy atom. The summed E-state index contributed by atoms with van der Waals surface area (Å²) in [7, 11) is -3.14. The van der Waals surface area contributed by atoms with Gasteiger partial charge < -0.3 is 9.64 Å². The molecule has 24 heavy (non-hydrogen) atoms. The normalized spacial score (nSPS) is 18.5. The van der Waals surface area contributed by atoms with E-state index in [1.54, 1.807) is 19.1 Å². The van der Waals surface area contributed by atoms with Crippen molar-refractivity contribution in [1.29, 1.82) is 0 Å². The van der Waals surface area contributed by atoms with Gasteiger partial charge in [0.2, 0.25) is 0 Å². The minimum absolute atomic E-state index is 0.128. The Labute approximate surface area is 144 Å². The van der Waals surface area contributed by atoms with Crippen LogP contribution < -0.4 is 4.90 Å². The predicted octanol–water partition coefficient (Wildman–Crippen LogP) is 2.93. The molecule has 0 spiro atoms. The largest absolute Gasteiger partial charge is 0.374 e. The second kappa shape index (κ2) is 7.36. The summed E-state index contributed by atoms with van der Waals surface area (Å²) >= 11 is 0. The van der Waals surface area contributed by atoms with Crippen molar-refractivity contribution in [3.05, 3.63) is 60.2 Å². The van der Waals surface area contributed by atoms with Crippen LogP contribution in [0.5, 0.6) is 0 Å². The summed E-state index contributed by atoms with van der Waals surface area (Å²) in [5, 5.41) is 0. The molecule has 0 aliphatic carbocycles. The molecule has 1 atom stereocenters. The van der Waals surface area contributed by atoms with Crippen LogP contribution in [0.25, 0.3) is 0 Å². The number of rotatable bonds is 5. The maximum Gasteiger partial charge on any atom is 0.178 e. The number of hydrogen-bond acceptors (Lipinski definition) is 4. The van der Waals surface area contributed by atoms with Crippen molar-refractivity contribution in [1.82, 2.24) is 0 Å². The zero-order valence-electron chi connectivity index (χ0n) is 13.9. The predicted molar refractivity (Wildman–Crippen MR) is 96.3 cm³/mol. The fourth-order valence-electron chi connectivity index (χ4n) is 2.99. The van der Waals surface area contributed by atoms with Crippen LogP contribution in [0.3, 0.4) is 0 Å². The molecular weight excluding hydrogens is 322 g/mol. The first-order valence-corrected chi connectivity index (χ1v) is 9.97. The second-order valence-electron chi connectivity index (χ2n) is 6.03. The molecule has 1 saturated heterocycles. The van der Waals surface area contributed by atoms with E-state index in [-0.39, 0.29) is 11.9 Å². The molecular formula is C19H23NO3S. The van der Waals surface area contributed by atoms with Crippen LogP contribution in [0.15, 0.2) is 59.5 Å². The van der Waals surface area contributed by atoms with E-state index in [0.29, 0.717) is 11.5 Å². The van der Waals surface area contributed by atoms with Crippen LogP contribution in [0.2, 0.25) is 0 Å². The molecule has 1 aliphatic heterocycles. The van der Waals surface area contributed by atoms with Crippen LogP contribution in [0.1, 0.15) is 12.5 Å². The van der Waals surface area contributed by atoms with Gasteiger partial charge in [-0.2, -0.15) is 0 Å². The molecule has 0 N–H and O–H groups in total. The lowest BCUT2D eigenvalue weighted by molar-refractivity contribution is 0.0411. The molecule has 1 heterocycles. The molecule has 0 radical (unpaired) electrons. The van der Waals surface area contributed by atoms with Crippen molar-refractivity contribution < 1.29 is 13.2 Å². The molecule has 128 valence electrons. The van der Waals surface area contributed by atoms with Crippen LogP contribution in [-0.2, 0) is 21.0 Å². The third-order valence-corrected chi connectivity index (χ3v) is 6.14. The quantitative estimate of drug-likeness (QED) is 0.836. The topological polar surface area (TPSA) is 46.6 Å². The summed E-state index contributed by atoms with van der Waals surface area (Å²) in [5.74, 6) is 0.128. The number of sulfone groups is 1. The van der Waals surface area contributed by atoms with Gasteiger partial charge in [0.15, 0.2) is 9.84 Å². The van der Waals surface area contributed by atoms with Crippen molar-refractivity contribution in [2.45, 2.75) is 24.3 Å². The highest BCUT2D eigenvalue weighted by Gasteiger charge is 2.21. The van der Waals surface area contributed by atoms with Crippen molar-refractivity contribution in [3.63, 3.8) is 0 Å². The Morgan fingerprint density at radius 3 is 2.46 bits per heavy atom. The molecule has 0 saturated carbocycles. The molecule has 1 aliphatic rings. The van der Waals surface area contributed by atoms with Crippen molar-refractivity contribution in [2.75, 3.05) is 30.3 Å². The van der Waals surface area contributed by atoms with E-state index in [9.17, 15) is 8.42 Å². The number of hydrogen-bond donors (Lipinski definition) is 0. The van der Waals surface area contributed by atoms with E-state index in [2.05, 4.69) is 17.0 Å². The maximum atomic E-state index is 11.9. The molecule has 1 fully saturated rings. The molecule has 0 bridgehead atoms. The Hall–Kier alpha value is -1.85. The van der Waals surface area contributed by atoms with Gasteiger partial charge in [0.05, 0.1) is 23.4 Å². The van der Waals surface area contributed by atoms with Gasteiger partial charge in [-0.05, 0) is 29.8 Å². The molecule has 2 aromatic rings. The van der Waals surface area contributed by atoms with Crippen LogP contribution in [-0.4, -0.2) is 40.0 Å². The van der Waals surface area contributed by atoms with Gasteiger partial charge in [-0.3, -0.25) is 0 Å². The number of benzene rings is 2. The average Bonchev–Trinajstić information content (AvgIpc) is 2.63. The number of anilines is 1. The van der Waals surface area contributed by atoms with Gasteiger partial charge in [0.1, 0.15) is 0 Å². The lowest BCUT2D eigenvalue weighted by atomic mass is 10.1. The zero-order chi connectivity index (χ0) is 17.0. The van der Waals surface area contributed by atoms with Crippen molar-refractivity contribution in [3.8, 4) is 0 Å². The Morgan fingerprint density at radius 2 is 1.79 bits per heavy atom. The molecule has 4 nitrogen and oxygen atoms in total. The highest BCUT2D eigenvalue weighted by atomic mass is 32.2. The fourth-order valence-corrected chi connectivity index (χ4v) is 3.87. The summed E-state index contributed by atoms with van der Waals surface area (Å²) < 4.78 is 29.7. The Kier molecular flexibility index (Phi) is 5.21. The SMILES string of the molecule is CCS(=O)(=O)c1ccc(N2CCO[C@@H](Cc3ccccc3)C2)cc1. The molecule has 0 amide bonds. The van der Waals surface area contributed by atoms with Gasteiger partial charge in [-0.15, -0.1) is 0 Å². The zero-order valence-corrected chi connectivity index (χ0v) is 14.7. The number of morpholine rings is 1. The van der Waals surface area contributed by atoms with Crippen molar-refractivity contribution in [2.24, 2.45) is 0 Å². The molecule has 3 rings (SSSR count). The highest BCUT2D eigenvalue weighted by molar-refractivity contribution is 7.91. The van der Waals surface area contributed by atoms with Gasteiger partial charge in [-0.25, -0.2) is 8.42 Å². The van der Waals surface area contributed by atoms with E-state index in [1.165, 1.54) is 5.56 Å². The summed E-state index contributed by atoms with van der Waals surface area (Å²) in [4.78, 5) is 2.65. The summed E-state index contributed by atoms with van der Waals surface area (Å²) in [6, 6.07) is 17.5. The number of ether oxygens (including phenoxy) is 1. The summed E-state index contributed by atoms with van der Waals surface area (Å²) in [6.45, 7) is 3.99. The minimum atomic E-state index is -3.14. The second-order valence-corrected chi connectivity index (χ2v) is 8.30. The van der Waals surface area contributed by atoms with Crippen LogP contribution in [0, 0.1) is 0 Å². The third-order valence-electron chi connectivity index (χ3n) is 4.39. The summed E-state index contributed by atoms with van der Waals surface area (Å²) in [5.41, 5.74) is 2.32. The van der Waals surface area contributed by atoms with E-state index >= 15 is 0 Å². The average molecular weight is 345 g/mol. The van der Waals surface area contributed by atoms with Gasteiger partial charge in [-0.1, -0.05) is 37.3 Å². The molecule has 0 aromatic heterocycles. The number of nitrogens with zero attached hydrogens (tertiary/aromatic N) is 1. The molecule has 2 aromatic carbocycles. The molecule has 0 unspecified atom stereocenters. The lowest BCUT2D eigenvalue weighted by Gasteiger charge is -2.34. The first-order valence-electron chi connectivity index (χ1n) is 8.32. The van der Waals surface area contributed by atoms with E-state index < -0.39 is 9.84 Å².